The Bertz CT molecular complexity index is 572. The molecule has 1 aromatic carbocycles. The van der Waals surface area contributed by atoms with Gasteiger partial charge in [0.2, 0.25) is 0 Å². The number of anilines is 1. The van der Waals surface area contributed by atoms with Crippen LogP contribution in [0.5, 0.6) is 0 Å². The fraction of sp³-hybridized carbons (Fsp3) is 0.632. The lowest BCUT2D eigenvalue weighted by Crippen LogP contribution is -2.45. The van der Waals surface area contributed by atoms with Crippen LogP contribution in [0.2, 0.25) is 0 Å². The molecule has 0 aromatic heterocycles. The van der Waals surface area contributed by atoms with Crippen LogP contribution in [0.15, 0.2) is 24.3 Å². The van der Waals surface area contributed by atoms with Gasteiger partial charge in [-0.2, -0.15) is 0 Å². The van der Waals surface area contributed by atoms with E-state index in [1.165, 1.54) is 11.3 Å². The van der Waals surface area contributed by atoms with Gasteiger partial charge in [-0.15, -0.1) is 0 Å². The van der Waals surface area contributed by atoms with Gasteiger partial charge in [-0.25, -0.2) is 4.79 Å². The Balaban J connectivity index is 1.55. The van der Waals surface area contributed by atoms with Crippen molar-refractivity contribution in [1.82, 2.24) is 15.1 Å². The number of morpholine rings is 1. The van der Waals surface area contributed by atoms with Gasteiger partial charge in [-0.05, 0) is 30.5 Å². The van der Waals surface area contributed by atoms with Gasteiger partial charge < -0.3 is 19.9 Å². The van der Waals surface area contributed by atoms with Crippen molar-refractivity contribution in [1.29, 1.82) is 0 Å². The van der Waals surface area contributed by atoms with E-state index in [4.69, 9.17) is 4.74 Å². The van der Waals surface area contributed by atoms with E-state index in [-0.39, 0.29) is 12.1 Å². The minimum Gasteiger partial charge on any atom is -0.379 e. The predicted octanol–water partition coefficient (Wildman–Crippen LogP) is 1.93. The summed E-state index contributed by atoms with van der Waals surface area (Å²) in [6.07, 6.45) is 2.10. The summed E-state index contributed by atoms with van der Waals surface area (Å²) in [5.41, 5.74) is 2.41. The standard InChI is InChI=1S/C19H30N4O2/c1-21(2)17-6-3-5-16(15-17)18-7-4-9-23(18)19(24)20-8-10-22-11-13-25-14-12-22/h3,5-6,15,18H,4,7-14H2,1-2H3,(H,20,24)/t18-/m1/s1. The molecule has 6 heteroatoms. The van der Waals surface area contributed by atoms with Gasteiger partial charge in [0, 0.05) is 52.5 Å². The predicted molar refractivity (Wildman–Crippen MR) is 100 cm³/mol. The molecular formula is C19H30N4O2. The van der Waals surface area contributed by atoms with Crippen molar-refractivity contribution in [2.75, 3.05) is 64.9 Å². The first-order chi connectivity index (χ1) is 12.1. The maximum absolute atomic E-state index is 12.7. The number of hydrogen-bond acceptors (Lipinski definition) is 4. The molecule has 3 rings (SSSR count). The number of benzene rings is 1. The molecule has 2 aliphatic rings. The second kappa shape index (κ2) is 8.54. The molecule has 2 aliphatic heterocycles. The van der Waals surface area contributed by atoms with Crippen LogP contribution in [0.1, 0.15) is 24.4 Å². The van der Waals surface area contributed by atoms with Crippen molar-refractivity contribution in [3.63, 3.8) is 0 Å². The molecule has 0 radical (unpaired) electrons. The van der Waals surface area contributed by atoms with Gasteiger partial charge in [-0.1, -0.05) is 12.1 Å². The van der Waals surface area contributed by atoms with E-state index in [1.54, 1.807) is 0 Å². The van der Waals surface area contributed by atoms with E-state index in [9.17, 15) is 4.79 Å². The van der Waals surface area contributed by atoms with Crippen LogP contribution >= 0.6 is 0 Å². The van der Waals surface area contributed by atoms with E-state index < -0.39 is 0 Å². The first-order valence-electron chi connectivity index (χ1n) is 9.27. The molecule has 2 saturated heterocycles. The van der Waals surface area contributed by atoms with E-state index in [0.717, 1.165) is 52.2 Å². The molecule has 0 bridgehead atoms. The third kappa shape index (κ3) is 4.64. The van der Waals surface area contributed by atoms with Gasteiger partial charge in [0.05, 0.1) is 19.3 Å². The number of ether oxygens (including phenoxy) is 1. The van der Waals surface area contributed by atoms with E-state index in [0.29, 0.717) is 6.54 Å². The summed E-state index contributed by atoms with van der Waals surface area (Å²) in [7, 11) is 4.09. The highest BCUT2D eigenvalue weighted by Gasteiger charge is 2.30. The Kier molecular flexibility index (Phi) is 6.15. The van der Waals surface area contributed by atoms with Crippen LogP contribution in [0.25, 0.3) is 0 Å². The highest BCUT2D eigenvalue weighted by molar-refractivity contribution is 5.75. The normalized spacial score (nSPS) is 21.4. The van der Waals surface area contributed by atoms with Crippen molar-refractivity contribution in [2.24, 2.45) is 0 Å². The zero-order valence-electron chi connectivity index (χ0n) is 15.4. The summed E-state index contributed by atoms with van der Waals surface area (Å²) >= 11 is 0. The summed E-state index contributed by atoms with van der Waals surface area (Å²) in [6, 6.07) is 8.76. The third-order valence-corrected chi connectivity index (χ3v) is 5.09. The number of hydrogen-bond donors (Lipinski definition) is 1. The molecule has 2 fully saturated rings. The van der Waals surface area contributed by atoms with Crippen LogP contribution in [0.3, 0.4) is 0 Å². The molecule has 0 aliphatic carbocycles. The number of likely N-dealkylation sites (tertiary alicyclic amines) is 1. The van der Waals surface area contributed by atoms with Crippen LogP contribution < -0.4 is 10.2 Å². The Labute approximate surface area is 150 Å². The lowest BCUT2D eigenvalue weighted by molar-refractivity contribution is 0.0385. The van der Waals surface area contributed by atoms with Crippen LogP contribution in [-0.4, -0.2) is 75.9 Å². The van der Waals surface area contributed by atoms with Gasteiger partial charge in [0.15, 0.2) is 0 Å². The number of rotatable bonds is 5. The summed E-state index contributed by atoms with van der Waals surface area (Å²) < 4.78 is 5.36. The molecule has 0 saturated carbocycles. The number of amides is 2. The fourth-order valence-electron chi connectivity index (χ4n) is 3.61. The van der Waals surface area contributed by atoms with Gasteiger partial charge in [-0.3, -0.25) is 4.90 Å². The average Bonchev–Trinajstić information content (AvgIpc) is 3.12. The van der Waals surface area contributed by atoms with Gasteiger partial charge in [0.1, 0.15) is 0 Å². The van der Waals surface area contributed by atoms with Crippen molar-refractivity contribution >= 4 is 11.7 Å². The summed E-state index contributed by atoms with van der Waals surface area (Å²) in [6.45, 7) is 5.93. The number of nitrogens with zero attached hydrogens (tertiary/aromatic N) is 3. The van der Waals surface area contributed by atoms with Crippen molar-refractivity contribution < 1.29 is 9.53 Å². The summed E-state index contributed by atoms with van der Waals surface area (Å²) in [4.78, 5) is 19.1. The minimum atomic E-state index is 0.0611. The smallest absolute Gasteiger partial charge is 0.317 e. The summed E-state index contributed by atoms with van der Waals surface area (Å²) in [5, 5.41) is 3.10. The maximum atomic E-state index is 12.7. The first kappa shape index (κ1) is 18.0. The molecule has 1 N–H and O–H groups in total. The van der Waals surface area contributed by atoms with Crippen LogP contribution in [0.4, 0.5) is 10.5 Å². The maximum Gasteiger partial charge on any atom is 0.317 e. The lowest BCUT2D eigenvalue weighted by Gasteiger charge is -2.28. The topological polar surface area (TPSA) is 48.0 Å². The van der Waals surface area contributed by atoms with E-state index in [1.807, 2.05) is 19.0 Å². The molecule has 0 unspecified atom stereocenters. The number of carbonyl (C=O) groups is 1. The average molecular weight is 346 g/mol. The zero-order valence-corrected chi connectivity index (χ0v) is 15.4. The second-order valence-corrected chi connectivity index (χ2v) is 7.03. The molecule has 6 nitrogen and oxygen atoms in total. The Morgan fingerprint density at radius 1 is 1.28 bits per heavy atom. The SMILES string of the molecule is CN(C)c1cccc([C@H]2CCCN2C(=O)NCCN2CCOCC2)c1. The molecule has 25 heavy (non-hydrogen) atoms. The van der Waals surface area contributed by atoms with E-state index >= 15 is 0 Å². The highest BCUT2D eigenvalue weighted by Crippen LogP contribution is 2.33. The molecular weight excluding hydrogens is 316 g/mol. The van der Waals surface area contributed by atoms with Crippen molar-refractivity contribution in [3.8, 4) is 0 Å². The van der Waals surface area contributed by atoms with E-state index in [2.05, 4.69) is 39.4 Å². The molecule has 2 amide bonds. The quantitative estimate of drug-likeness (QED) is 0.885. The Morgan fingerprint density at radius 3 is 2.84 bits per heavy atom. The fourth-order valence-corrected chi connectivity index (χ4v) is 3.61. The van der Waals surface area contributed by atoms with Gasteiger partial charge >= 0.3 is 6.03 Å². The Morgan fingerprint density at radius 2 is 2.08 bits per heavy atom. The minimum absolute atomic E-state index is 0.0611. The first-order valence-corrected chi connectivity index (χ1v) is 9.27. The summed E-state index contributed by atoms with van der Waals surface area (Å²) in [5.74, 6) is 0. The number of nitrogens with one attached hydrogen (secondary N) is 1. The van der Waals surface area contributed by atoms with Crippen LogP contribution in [-0.2, 0) is 4.74 Å². The lowest BCUT2D eigenvalue weighted by atomic mass is 10.0. The second-order valence-electron chi connectivity index (χ2n) is 7.03. The van der Waals surface area contributed by atoms with Crippen molar-refractivity contribution in [3.05, 3.63) is 29.8 Å². The monoisotopic (exact) mass is 346 g/mol. The Hall–Kier alpha value is -1.79. The molecule has 0 spiro atoms. The highest BCUT2D eigenvalue weighted by atomic mass is 16.5. The molecule has 1 atom stereocenters. The zero-order chi connectivity index (χ0) is 17.6. The third-order valence-electron chi connectivity index (χ3n) is 5.09. The number of urea groups is 1. The van der Waals surface area contributed by atoms with Crippen molar-refractivity contribution in [2.45, 2.75) is 18.9 Å². The molecule has 138 valence electrons. The molecule has 2 heterocycles. The molecule has 1 aromatic rings. The number of carbonyl (C=O) groups excluding carboxylic acids is 1. The van der Waals surface area contributed by atoms with Crippen LogP contribution in [0, 0.1) is 0 Å². The van der Waals surface area contributed by atoms with Gasteiger partial charge in [0.25, 0.3) is 0 Å². The largest absolute Gasteiger partial charge is 0.379 e.